The molecule has 0 aliphatic carbocycles. The number of nitriles is 1. The first-order chi connectivity index (χ1) is 5.24. The molecule has 0 spiro atoms. The van der Waals surface area contributed by atoms with Gasteiger partial charge < -0.3 is 11.5 Å². The molecule has 0 heterocycles. The molecule has 1 aromatic rings. The summed E-state index contributed by atoms with van der Waals surface area (Å²) < 4.78 is 0. The van der Waals surface area contributed by atoms with Crippen molar-refractivity contribution in [3.63, 3.8) is 0 Å². The van der Waals surface area contributed by atoms with Crippen molar-refractivity contribution in [3.8, 4) is 6.07 Å². The maximum atomic E-state index is 8.38. The second-order valence-electron chi connectivity index (χ2n) is 2.29. The molecule has 0 aliphatic rings. The van der Waals surface area contributed by atoms with Gasteiger partial charge in [-0.05, 0) is 17.7 Å². The van der Waals surface area contributed by atoms with Gasteiger partial charge in [-0.2, -0.15) is 5.26 Å². The highest BCUT2D eigenvalue weighted by Crippen LogP contribution is 2.15. The highest BCUT2D eigenvalue weighted by atomic mass is 14.6. The minimum atomic E-state index is 0.339. The van der Waals surface area contributed by atoms with Crippen molar-refractivity contribution in [1.29, 1.82) is 5.26 Å². The van der Waals surface area contributed by atoms with Crippen LogP contribution in [0.25, 0.3) is 0 Å². The molecule has 0 aliphatic heterocycles. The summed E-state index contributed by atoms with van der Waals surface area (Å²) >= 11 is 0. The smallest absolute Gasteiger partial charge is 0.0670 e. The average molecular weight is 147 g/mol. The van der Waals surface area contributed by atoms with E-state index < -0.39 is 0 Å². The fourth-order valence-electron chi connectivity index (χ4n) is 0.860. The van der Waals surface area contributed by atoms with Gasteiger partial charge in [0.05, 0.1) is 12.5 Å². The summed E-state index contributed by atoms with van der Waals surface area (Å²) in [6.07, 6.45) is 0.339. The van der Waals surface area contributed by atoms with E-state index in [0.29, 0.717) is 17.8 Å². The van der Waals surface area contributed by atoms with Crippen LogP contribution in [0.4, 0.5) is 11.4 Å². The van der Waals surface area contributed by atoms with Crippen LogP contribution in [0.5, 0.6) is 0 Å². The largest absolute Gasteiger partial charge is 0.399 e. The predicted octanol–water partition coefficient (Wildman–Crippen LogP) is 0.917. The number of benzene rings is 1. The van der Waals surface area contributed by atoms with Crippen molar-refractivity contribution >= 4 is 11.4 Å². The van der Waals surface area contributed by atoms with Gasteiger partial charge in [0.2, 0.25) is 0 Å². The molecule has 0 amide bonds. The predicted molar refractivity (Wildman–Crippen MR) is 44.6 cm³/mol. The van der Waals surface area contributed by atoms with E-state index in [4.69, 9.17) is 16.7 Å². The molecule has 0 bridgehead atoms. The van der Waals surface area contributed by atoms with Gasteiger partial charge in [0, 0.05) is 11.4 Å². The Balaban J connectivity index is 3.01. The Hall–Kier alpha value is -1.69. The van der Waals surface area contributed by atoms with Gasteiger partial charge >= 0.3 is 0 Å². The van der Waals surface area contributed by atoms with Crippen LogP contribution in [-0.4, -0.2) is 0 Å². The summed E-state index contributed by atoms with van der Waals surface area (Å²) in [5, 5.41) is 8.38. The third-order valence-corrected chi connectivity index (χ3v) is 1.44. The molecule has 0 aromatic heterocycles. The van der Waals surface area contributed by atoms with Crippen LogP contribution in [0.15, 0.2) is 18.2 Å². The molecular formula is C8H9N3. The quantitative estimate of drug-likeness (QED) is 0.580. The lowest BCUT2D eigenvalue weighted by molar-refractivity contribution is 1.27. The Bertz CT molecular complexity index is 299. The zero-order valence-corrected chi connectivity index (χ0v) is 6.04. The first-order valence-electron chi connectivity index (χ1n) is 3.25. The molecular weight excluding hydrogens is 138 g/mol. The van der Waals surface area contributed by atoms with Gasteiger partial charge in [-0.15, -0.1) is 0 Å². The lowest BCUT2D eigenvalue weighted by Gasteiger charge is -2.00. The number of nitrogens with two attached hydrogens (primary N) is 2. The molecule has 1 aromatic carbocycles. The van der Waals surface area contributed by atoms with Crippen molar-refractivity contribution in [2.24, 2.45) is 0 Å². The number of hydrogen-bond acceptors (Lipinski definition) is 3. The van der Waals surface area contributed by atoms with E-state index in [1.54, 1.807) is 18.2 Å². The molecule has 0 unspecified atom stereocenters. The average Bonchev–Trinajstić information content (AvgIpc) is 1.95. The van der Waals surface area contributed by atoms with E-state index in [0.717, 1.165) is 5.56 Å². The maximum absolute atomic E-state index is 8.38. The second-order valence-corrected chi connectivity index (χ2v) is 2.29. The van der Waals surface area contributed by atoms with Crippen LogP contribution in [0.3, 0.4) is 0 Å². The van der Waals surface area contributed by atoms with Gasteiger partial charge in [-0.3, -0.25) is 0 Å². The number of anilines is 2. The van der Waals surface area contributed by atoms with Crippen molar-refractivity contribution in [3.05, 3.63) is 23.8 Å². The first-order valence-corrected chi connectivity index (χ1v) is 3.25. The Labute approximate surface area is 65.2 Å². The monoisotopic (exact) mass is 147 g/mol. The van der Waals surface area contributed by atoms with Gasteiger partial charge in [0.25, 0.3) is 0 Å². The van der Waals surface area contributed by atoms with E-state index in [1.165, 1.54) is 0 Å². The first kappa shape index (κ1) is 7.42. The molecule has 56 valence electrons. The van der Waals surface area contributed by atoms with Crippen molar-refractivity contribution in [2.45, 2.75) is 6.42 Å². The van der Waals surface area contributed by atoms with Crippen LogP contribution in [0.1, 0.15) is 5.56 Å². The van der Waals surface area contributed by atoms with Crippen LogP contribution in [0, 0.1) is 11.3 Å². The van der Waals surface area contributed by atoms with Gasteiger partial charge in [-0.1, -0.05) is 6.07 Å². The zero-order valence-electron chi connectivity index (χ0n) is 6.04. The van der Waals surface area contributed by atoms with Gasteiger partial charge in [0.1, 0.15) is 0 Å². The number of nitrogens with zero attached hydrogens (tertiary/aromatic N) is 1. The minimum absolute atomic E-state index is 0.339. The molecule has 0 saturated carbocycles. The van der Waals surface area contributed by atoms with E-state index in [2.05, 4.69) is 0 Å². The van der Waals surface area contributed by atoms with E-state index in [1.807, 2.05) is 6.07 Å². The van der Waals surface area contributed by atoms with E-state index in [9.17, 15) is 0 Å². The van der Waals surface area contributed by atoms with Crippen LogP contribution in [0.2, 0.25) is 0 Å². The topological polar surface area (TPSA) is 75.8 Å². The lowest BCUT2D eigenvalue weighted by atomic mass is 10.1. The number of hydrogen-bond donors (Lipinski definition) is 2. The molecule has 4 N–H and O–H groups in total. The Kier molecular flexibility index (Phi) is 1.98. The number of nitrogen functional groups attached to an aromatic ring is 2. The summed E-state index contributed by atoms with van der Waals surface area (Å²) in [6, 6.07) is 7.19. The maximum Gasteiger partial charge on any atom is 0.0670 e. The fourth-order valence-corrected chi connectivity index (χ4v) is 0.860. The van der Waals surface area contributed by atoms with Crippen molar-refractivity contribution < 1.29 is 0 Å². The lowest BCUT2D eigenvalue weighted by Crippen LogP contribution is -1.95. The summed E-state index contributed by atoms with van der Waals surface area (Å²) in [4.78, 5) is 0. The fraction of sp³-hybridized carbons (Fsp3) is 0.125. The Morgan fingerprint density at radius 3 is 2.64 bits per heavy atom. The van der Waals surface area contributed by atoms with Crippen LogP contribution < -0.4 is 11.5 Å². The Morgan fingerprint density at radius 2 is 2.09 bits per heavy atom. The highest BCUT2D eigenvalue weighted by Gasteiger charge is 1.96. The SMILES string of the molecule is N#CCc1ccc(N)cc1N. The standard InChI is InChI=1S/C8H9N3/c9-4-3-6-1-2-7(10)5-8(6)11/h1-2,5H,3,10-11H2. The Morgan fingerprint density at radius 1 is 1.36 bits per heavy atom. The summed E-state index contributed by atoms with van der Waals surface area (Å²) in [5.41, 5.74) is 13.1. The summed E-state index contributed by atoms with van der Waals surface area (Å²) in [7, 11) is 0. The normalized spacial score (nSPS) is 9.00. The van der Waals surface area contributed by atoms with Crippen LogP contribution >= 0.6 is 0 Å². The third kappa shape index (κ3) is 1.62. The van der Waals surface area contributed by atoms with E-state index in [-0.39, 0.29) is 0 Å². The molecule has 11 heavy (non-hydrogen) atoms. The molecule has 3 heteroatoms. The van der Waals surface area contributed by atoms with Crippen molar-refractivity contribution in [1.82, 2.24) is 0 Å². The molecule has 0 atom stereocenters. The summed E-state index contributed by atoms with van der Waals surface area (Å²) in [6.45, 7) is 0. The van der Waals surface area contributed by atoms with Gasteiger partial charge in [-0.25, -0.2) is 0 Å². The third-order valence-electron chi connectivity index (χ3n) is 1.44. The van der Waals surface area contributed by atoms with Crippen LogP contribution in [-0.2, 0) is 6.42 Å². The molecule has 0 fully saturated rings. The molecule has 0 saturated heterocycles. The highest BCUT2D eigenvalue weighted by molar-refractivity contribution is 5.57. The molecule has 1 rings (SSSR count). The molecule has 3 nitrogen and oxygen atoms in total. The molecule has 0 radical (unpaired) electrons. The second kappa shape index (κ2) is 2.93. The number of rotatable bonds is 1. The zero-order chi connectivity index (χ0) is 8.27. The van der Waals surface area contributed by atoms with E-state index >= 15 is 0 Å². The summed E-state index contributed by atoms with van der Waals surface area (Å²) in [5.74, 6) is 0. The minimum Gasteiger partial charge on any atom is -0.399 e. The van der Waals surface area contributed by atoms with Gasteiger partial charge in [0.15, 0.2) is 0 Å². The van der Waals surface area contributed by atoms with Crippen molar-refractivity contribution in [2.75, 3.05) is 11.5 Å².